The lowest BCUT2D eigenvalue weighted by molar-refractivity contribution is -0.234. The average Bonchev–Trinajstić information content (AvgIpc) is 2.76. The fourth-order valence-corrected chi connectivity index (χ4v) is 2.65. The van der Waals surface area contributed by atoms with Gasteiger partial charge in [0.25, 0.3) is 0 Å². The first kappa shape index (κ1) is 13.3. The van der Waals surface area contributed by atoms with Crippen molar-refractivity contribution in [1.29, 1.82) is 0 Å². The fourth-order valence-electron chi connectivity index (χ4n) is 2.65. The zero-order valence-electron chi connectivity index (χ0n) is 11.6. The molecule has 1 fully saturated rings. The van der Waals surface area contributed by atoms with Crippen molar-refractivity contribution in [3.63, 3.8) is 0 Å². The summed E-state index contributed by atoms with van der Waals surface area (Å²) in [5.41, 5.74) is 2.34. The van der Waals surface area contributed by atoms with E-state index in [1.54, 1.807) is 0 Å². The van der Waals surface area contributed by atoms with Crippen molar-refractivity contribution in [3.8, 4) is 0 Å². The van der Waals surface area contributed by atoms with Crippen LogP contribution in [0, 0.1) is 0 Å². The highest BCUT2D eigenvalue weighted by molar-refractivity contribution is 5.25. The zero-order valence-corrected chi connectivity index (χ0v) is 11.6. The lowest BCUT2D eigenvalue weighted by Gasteiger charge is -2.33. The minimum Gasteiger partial charge on any atom is -0.346 e. The van der Waals surface area contributed by atoms with E-state index in [4.69, 9.17) is 9.47 Å². The first-order valence-electron chi connectivity index (χ1n) is 7.26. The third-order valence-electron chi connectivity index (χ3n) is 3.70. The summed E-state index contributed by atoms with van der Waals surface area (Å²) in [6.07, 6.45) is 2.87. The topological polar surface area (TPSA) is 18.5 Å². The molecule has 20 heavy (non-hydrogen) atoms. The Bertz CT molecular complexity index is 514. The molecule has 0 aliphatic carbocycles. The van der Waals surface area contributed by atoms with Crippen molar-refractivity contribution >= 4 is 0 Å². The lowest BCUT2D eigenvalue weighted by atomic mass is 9.97. The highest BCUT2D eigenvalue weighted by Gasteiger charge is 2.35. The summed E-state index contributed by atoms with van der Waals surface area (Å²) >= 11 is 0. The predicted molar refractivity (Wildman–Crippen MR) is 79.4 cm³/mol. The normalized spacial score (nSPS) is 18.4. The molecule has 1 saturated heterocycles. The molecule has 0 amide bonds. The quantitative estimate of drug-likeness (QED) is 0.840. The Morgan fingerprint density at radius 1 is 0.750 bits per heavy atom. The molecule has 1 aliphatic rings. The van der Waals surface area contributed by atoms with E-state index in [1.165, 1.54) is 5.56 Å². The van der Waals surface area contributed by atoms with E-state index >= 15 is 0 Å². The van der Waals surface area contributed by atoms with Crippen LogP contribution in [0.4, 0.5) is 0 Å². The van der Waals surface area contributed by atoms with Gasteiger partial charge >= 0.3 is 0 Å². The molecule has 1 aliphatic heterocycles. The van der Waals surface area contributed by atoms with E-state index < -0.39 is 5.79 Å². The number of hydrogen-bond donors (Lipinski definition) is 0. The summed E-state index contributed by atoms with van der Waals surface area (Å²) in [6.45, 7) is 1.50. The summed E-state index contributed by atoms with van der Waals surface area (Å²) in [6, 6.07) is 20.7. The molecule has 104 valence electrons. The van der Waals surface area contributed by atoms with Crippen LogP contribution in [0.2, 0.25) is 0 Å². The van der Waals surface area contributed by atoms with Gasteiger partial charge in [-0.2, -0.15) is 0 Å². The molecule has 0 spiro atoms. The molecule has 0 saturated carbocycles. The smallest absolute Gasteiger partial charge is 0.198 e. The first-order chi connectivity index (χ1) is 9.89. The van der Waals surface area contributed by atoms with E-state index in [2.05, 4.69) is 36.4 Å². The van der Waals surface area contributed by atoms with Crippen LogP contribution in [0.1, 0.15) is 24.0 Å². The highest BCUT2D eigenvalue weighted by atomic mass is 16.7. The Morgan fingerprint density at radius 2 is 1.30 bits per heavy atom. The molecule has 2 heteroatoms. The number of hydrogen-bond acceptors (Lipinski definition) is 2. The average molecular weight is 268 g/mol. The summed E-state index contributed by atoms with van der Waals surface area (Å²) in [5, 5.41) is 0. The maximum absolute atomic E-state index is 6.16. The molecule has 2 aromatic rings. The third-order valence-corrected chi connectivity index (χ3v) is 3.70. The molecule has 2 nitrogen and oxygen atoms in total. The van der Waals surface area contributed by atoms with Gasteiger partial charge in [0.1, 0.15) is 0 Å². The lowest BCUT2D eigenvalue weighted by Crippen LogP contribution is -2.35. The molecule has 0 aromatic heterocycles. The monoisotopic (exact) mass is 268 g/mol. The van der Waals surface area contributed by atoms with Gasteiger partial charge in [-0.3, -0.25) is 0 Å². The second kappa shape index (κ2) is 6.21. The van der Waals surface area contributed by atoms with Gasteiger partial charge in [-0.05, 0) is 18.4 Å². The zero-order chi connectivity index (χ0) is 13.7. The van der Waals surface area contributed by atoms with E-state index in [-0.39, 0.29) is 0 Å². The number of rotatable bonds is 3. The molecule has 0 bridgehead atoms. The van der Waals surface area contributed by atoms with Crippen molar-refractivity contribution in [2.24, 2.45) is 0 Å². The Balaban J connectivity index is 1.94. The predicted octanol–water partition coefficient (Wildman–Crippen LogP) is 3.91. The first-order valence-corrected chi connectivity index (χ1v) is 7.26. The van der Waals surface area contributed by atoms with Gasteiger partial charge in [-0.1, -0.05) is 60.7 Å². The van der Waals surface area contributed by atoms with Gasteiger partial charge in [0.05, 0.1) is 13.2 Å². The van der Waals surface area contributed by atoms with Gasteiger partial charge in [-0.25, -0.2) is 0 Å². The Morgan fingerprint density at radius 3 is 1.90 bits per heavy atom. The standard InChI is InChI=1S/C18H20O2/c1-3-9-16(10-4-1)15-18(17-11-5-2-6-12-17)19-13-7-8-14-20-18/h1-6,9-12H,7-8,13-15H2. The van der Waals surface area contributed by atoms with E-state index in [0.717, 1.165) is 38.0 Å². The summed E-state index contributed by atoms with van der Waals surface area (Å²) in [5.74, 6) is -0.640. The summed E-state index contributed by atoms with van der Waals surface area (Å²) in [4.78, 5) is 0. The molecular weight excluding hydrogens is 248 g/mol. The van der Waals surface area contributed by atoms with Crippen molar-refractivity contribution < 1.29 is 9.47 Å². The molecule has 0 radical (unpaired) electrons. The molecule has 2 aromatic carbocycles. The van der Waals surface area contributed by atoms with Crippen molar-refractivity contribution in [1.82, 2.24) is 0 Å². The Labute approximate surface area is 120 Å². The SMILES string of the molecule is c1ccc(CC2(c3ccccc3)OCCCCO2)cc1. The van der Waals surface area contributed by atoms with Crippen LogP contribution in [0.15, 0.2) is 60.7 Å². The van der Waals surface area contributed by atoms with E-state index in [0.29, 0.717) is 0 Å². The van der Waals surface area contributed by atoms with Crippen LogP contribution in [0.3, 0.4) is 0 Å². The molecule has 1 heterocycles. The Kier molecular flexibility index (Phi) is 4.14. The maximum Gasteiger partial charge on any atom is 0.198 e. The van der Waals surface area contributed by atoms with E-state index in [1.807, 2.05) is 24.3 Å². The second-order valence-corrected chi connectivity index (χ2v) is 5.19. The van der Waals surface area contributed by atoms with Crippen LogP contribution in [0.5, 0.6) is 0 Å². The molecule has 0 unspecified atom stereocenters. The van der Waals surface area contributed by atoms with E-state index in [9.17, 15) is 0 Å². The highest BCUT2D eigenvalue weighted by Crippen LogP contribution is 2.33. The molecule has 3 rings (SSSR count). The number of benzene rings is 2. The minimum absolute atomic E-state index is 0.640. The van der Waals surface area contributed by atoms with Crippen LogP contribution in [0.25, 0.3) is 0 Å². The van der Waals surface area contributed by atoms with Crippen LogP contribution in [-0.4, -0.2) is 13.2 Å². The number of ether oxygens (including phenoxy) is 2. The fraction of sp³-hybridized carbons (Fsp3) is 0.333. The van der Waals surface area contributed by atoms with Crippen LogP contribution >= 0.6 is 0 Å². The van der Waals surface area contributed by atoms with Crippen molar-refractivity contribution in [2.75, 3.05) is 13.2 Å². The van der Waals surface area contributed by atoms with Gasteiger partial charge in [0.15, 0.2) is 5.79 Å². The van der Waals surface area contributed by atoms with Crippen LogP contribution < -0.4 is 0 Å². The summed E-state index contributed by atoms with van der Waals surface area (Å²) in [7, 11) is 0. The summed E-state index contributed by atoms with van der Waals surface area (Å²) < 4.78 is 12.3. The third kappa shape index (κ3) is 2.92. The van der Waals surface area contributed by atoms with Gasteiger partial charge < -0.3 is 9.47 Å². The second-order valence-electron chi connectivity index (χ2n) is 5.19. The largest absolute Gasteiger partial charge is 0.346 e. The van der Waals surface area contributed by atoms with Gasteiger partial charge in [0.2, 0.25) is 0 Å². The molecular formula is C18H20O2. The van der Waals surface area contributed by atoms with Gasteiger partial charge in [-0.15, -0.1) is 0 Å². The van der Waals surface area contributed by atoms with Crippen molar-refractivity contribution in [2.45, 2.75) is 25.0 Å². The molecule has 0 atom stereocenters. The maximum atomic E-state index is 6.16. The molecule has 0 N–H and O–H groups in total. The van der Waals surface area contributed by atoms with Crippen molar-refractivity contribution in [3.05, 3.63) is 71.8 Å². The Hall–Kier alpha value is -1.64. The van der Waals surface area contributed by atoms with Gasteiger partial charge in [0, 0.05) is 12.0 Å². The van der Waals surface area contributed by atoms with Crippen LogP contribution in [-0.2, 0) is 21.7 Å². The minimum atomic E-state index is -0.640.